The zero-order valence-electron chi connectivity index (χ0n) is 19.7. The lowest BCUT2D eigenvalue weighted by Gasteiger charge is -2.33. The fourth-order valence-electron chi connectivity index (χ4n) is 4.64. The van der Waals surface area contributed by atoms with Crippen LogP contribution in [0.25, 0.3) is 21.5 Å². The van der Waals surface area contributed by atoms with E-state index in [4.69, 9.17) is 4.74 Å². The number of fused-ring (bicyclic) bond motifs is 2. The lowest BCUT2D eigenvalue weighted by atomic mass is 9.97. The van der Waals surface area contributed by atoms with Gasteiger partial charge >= 0.3 is 0 Å². The topological polar surface area (TPSA) is 94.0 Å². The van der Waals surface area contributed by atoms with Gasteiger partial charge in [0.2, 0.25) is 0 Å². The molecule has 5 rings (SSSR count). The predicted octanol–water partition coefficient (Wildman–Crippen LogP) is 6.09. The molecule has 35 heavy (non-hydrogen) atoms. The van der Waals surface area contributed by atoms with Crippen molar-refractivity contribution in [2.45, 2.75) is 38.4 Å². The number of nitrogens with one attached hydrogen (secondary N) is 2. The van der Waals surface area contributed by atoms with Crippen LogP contribution in [0.1, 0.15) is 49.5 Å². The number of hydrogen-bond donors (Lipinski definition) is 5. The molecule has 0 saturated heterocycles. The molecule has 180 valence electrons. The van der Waals surface area contributed by atoms with Crippen LogP contribution in [0.15, 0.2) is 78.7 Å². The van der Waals surface area contributed by atoms with Gasteiger partial charge in [0.25, 0.3) is 0 Å². The van der Waals surface area contributed by atoms with Gasteiger partial charge in [0.15, 0.2) is 5.88 Å². The molecule has 0 radical (unpaired) electrons. The van der Waals surface area contributed by atoms with E-state index in [9.17, 15) is 15.3 Å². The molecule has 2 atom stereocenters. The van der Waals surface area contributed by atoms with Gasteiger partial charge in [-0.25, -0.2) is 0 Å². The third kappa shape index (κ3) is 4.84. The van der Waals surface area contributed by atoms with Crippen LogP contribution in [0.3, 0.4) is 0 Å². The molecule has 0 spiro atoms. The fourth-order valence-corrected chi connectivity index (χ4v) is 4.64. The van der Waals surface area contributed by atoms with Gasteiger partial charge in [0.05, 0.1) is 18.2 Å². The highest BCUT2D eigenvalue weighted by Crippen LogP contribution is 2.39. The first-order chi connectivity index (χ1) is 17.0. The zero-order valence-corrected chi connectivity index (χ0v) is 19.7. The van der Waals surface area contributed by atoms with Gasteiger partial charge in [-0.05, 0) is 57.8 Å². The van der Waals surface area contributed by atoms with Crippen LogP contribution in [0.2, 0.25) is 0 Å². The van der Waals surface area contributed by atoms with Crippen molar-refractivity contribution < 1.29 is 20.1 Å². The summed E-state index contributed by atoms with van der Waals surface area (Å²) in [6.45, 7) is 2.72. The average Bonchev–Trinajstić information content (AvgIpc) is 2.84. The van der Waals surface area contributed by atoms with Crippen LogP contribution in [-0.4, -0.2) is 21.9 Å². The van der Waals surface area contributed by atoms with E-state index in [1.165, 1.54) is 22.9 Å². The number of phenolic OH excluding ortho intramolecular Hbond substituents is 3. The second-order valence-electron chi connectivity index (χ2n) is 9.01. The molecular formula is C29H30N2O4. The summed E-state index contributed by atoms with van der Waals surface area (Å²) in [5, 5.41) is 42.1. The summed E-state index contributed by atoms with van der Waals surface area (Å²) in [5.41, 5.74) is 1.29. The molecule has 4 aromatic rings. The summed E-state index contributed by atoms with van der Waals surface area (Å²) in [6.07, 6.45) is 4.48. The van der Waals surface area contributed by atoms with Crippen LogP contribution >= 0.6 is 0 Å². The standard InChI is InChI=1S/C29H30N2O4/c1-2-3-6-11-35-27-17-24(30-29(31-27)28-25(33)15-23(32)16-26(28)34)21-10-9-20-12-18-7-4-5-8-19(18)13-22(20)14-21/h4-5,7-10,12-17,24,29-34H,2-3,6,11H2,1H3. The molecule has 6 nitrogen and oxygen atoms in total. The Balaban J connectivity index is 1.51. The van der Waals surface area contributed by atoms with Crippen molar-refractivity contribution in [2.75, 3.05) is 6.61 Å². The van der Waals surface area contributed by atoms with E-state index in [0.717, 1.165) is 35.6 Å². The second kappa shape index (κ2) is 9.76. The Hall–Kier alpha value is -3.90. The summed E-state index contributed by atoms with van der Waals surface area (Å²) < 4.78 is 6.03. The maximum absolute atomic E-state index is 10.5. The quantitative estimate of drug-likeness (QED) is 0.166. The third-order valence-corrected chi connectivity index (χ3v) is 6.45. The molecule has 5 N–H and O–H groups in total. The van der Waals surface area contributed by atoms with Crippen molar-refractivity contribution in [1.29, 1.82) is 0 Å². The first-order valence-electron chi connectivity index (χ1n) is 12.1. The van der Waals surface area contributed by atoms with Crippen LogP contribution in [-0.2, 0) is 4.74 Å². The molecule has 0 bridgehead atoms. The summed E-state index contributed by atoms with van der Waals surface area (Å²) in [5.74, 6) is -0.0308. The Kier molecular flexibility index (Phi) is 6.38. The smallest absolute Gasteiger partial charge is 0.185 e. The van der Waals surface area contributed by atoms with E-state index >= 15 is 0 Å². The molecule has 0 aliphatic carbocycles. The van der Waals surface area contributed by atoms with Gasteiger partial charge in [-0.2, -0.15) is 0 Å². The van der Waals surface area contributed by atoms with E-state index in [0.29, 0.717) is 12.5 Å². The average molecular weight is 471 g/mol. The molecular weight excluding hydrogens is 440 g/mol. The SMILES string of the molecule is CCCCCOC1=CC(c2ccc3cc4ccccc4cc3c2)NC(c2c(O)cc(O)cc2O)N1. The van der Waals surface area contributed by atoms with E-state index in [1.54, 1.807) is 0 Å². The van der Waals surface area contributed by atoms with Crippen molar-refractivity contribution in [3.63, 3.8) is 0 Å². The van der Waals surface area contributed by atoms with Gasteiger partial charge in [0, 0.05) is 12.1 Å². The summed E-state index contributed by atoms with van der Waals surface area (Å²) in [7, 11) is 0. The van der Waals surface area contributed by atoms with Crippen LogP contribution < -0.4 is 10.6 Å². The number of rotatable bonds is 7. The van der Waals surface area contributed by atoms with Gasteiger partial charge in [-0.3, -0.25) is 5.32 Å². The minimum absolute atomic E-state index is 0.204. The first kappa shape index (κ1) is 22.9. The highest BCUT2D eigenvalue weighted by atomic mass is 16.5. The van der Waals surface area contributed by atoms with Crippen molar-refractivity contribution in [3.8, 4) is 17.2 Å². The van der Waals surface area contributed by atoms with Crippen molar-refractivity contribution >= 4 is 21.5 Å². The third-order valence-electron chi connectivity index (χ3n) is 6.45. The number of unbranched alkanes of at least 4 members (excludes halogenated alkanes) is 2. The molecule has 0 saturated carbocycles. The lowest BCUT2D eigenvalue weighted by Crippen LogP contribution is -2.41. The predicted molar refractivity (Wildman–Crippen MR) is 138 cm³/mol. The van der Waals surface area contributed by atoms with Crippen LogP contribution in [0, 0.1) is 0 Å². The largest absolute Gasteiger partial charge is 0.508 e. The Bertz CT molecular complexity index is 1380. The van der Waals surface area contributed by atoms with Crippen molar-refractivity contribution in [2.24, 2.45) is 0 Å². The van der Waals surface area contributed by atoms with Gasteiger partial charge < -0.3 is 25.4 Å². The molecule has 0 aromatic heterocycles. The highest BCUT2D eigenvalue weighted by molar-refractivity contribution is 5.98. The second-order valence-corrected chi connectivity index (χ2v) is 9.01. The van der Waals surface area contributed by atoms with E-state index in [2.05, 4.69) is 60.0 Å². The maximum atomic E-state index is 10.5. The minimum atomic E-state index is -0.626. The minimum Gasteiger partial charge on any atom is -0.508 e. The van der Waals surface area contributed by atoms with Crippen molar-refractivity contribution in [3.05, 3.63) is 89.8 Å². The van der Waals surface area contributed by atoms with Gasteiger partial charge in [0.1, 0.15) is 23.4 Å². The van der Waals surface area contributed by atoms with Crippen LogP contribution in [0.5, 0.6) is 17.2 Å². The van der Waals surface area contributed by atoms with E-state index < -0.39 is 6.17 Å². The molecule has 0 fully saturated rings. The Morgan fingerprint density at radius 1 is 0.800 bits per heavy atom. The number of benzene rings is 4. The summed E-state index contributed by atoms with van der Waals surface area (Å²) >= 11 is 0. The van der Waals surface area contributed by atoms with E-state index in [1.807, 2.05) is 18.2 Å². The molecule has 2 unspecified atom stereocenters. The number of phenols is 3. The Morgan fingerprint density at radius 3 is 2.20 bits per heavy atom. The Labute approximate surface area is 204 Å². The monoisotopic (exact) mass is 470 g/mol. The van der Waals surface area contributed by atoms with Crippen molar-refractivity contribution in [1.82, 2.24) is 10.6 Å². The summed E-state index contributed by atoms with van der Waals surface area (Å²) in [6, 6.07) is 21.2. The molecule has 6 heteroatoms. The molecule has 4 aromatic carbocycles. The molecule has 1 heterocycles. The fraction of sp³-hybridized carbons (Fsp3) is 0.241. The van der Waals surface area contributed by atoms with Gasteiger partial charge in [-0.1, -0.05) is 56.2 Å². The highest BCUT2D eigenvalue weighted by Gasteiger charge is 2.28. The molecule has 0 amide bonds. The normalized spacial score (nSPS) is 17.8. The summed E-state index contributed by atoms with van der Waals surface area (Å²) in [4.78, 5) is 0. The number of ether oxygens (including phenoxy) is 1. The zero-order chi connectivity index (χ0) is 24.4. The molecule has 1 aliphatic heterocycles. The lowest BCUT2D eigenvalue weighted by molar-refractivity contribution is 0.159. The molecule has 1 aliphatic rings. The van der Waals surface area contributed by atoms with E-state index in [-0.39, 0.29) is 28.9 Å². The maximum Gasteiger partial charge on any atom is 0.185 e. The number of aromatic hydroxyl groups is 3. The first-order valence-corrected chi connectivity index (χ1v) is 12.1. The van der Waals surface area contributed by atoms with Crippen LogP contribution in [0.4, 0.5) is 0 Å². The van der Waals surface area contributed by atoms with Gasteiger partial charge in [-0.15, -0.1) is 0 Å². The number of hydrogen-bond acceptors (Lipinski definition) is 6. The Morgan fingerprint density at radius 2 is 1.49 bits per heavy atom.